The molecule has 0 fully saturated rings. The number of ether oxygens (including phenoxy) is 1. The smallest absolute Gasteiger partial charge is 0.341 e. The van der Waals surface area contributed by atoms with E-state index in [-0.39, 0.29) is 5.69 Å². The van der Waals surface area contributed by atoms with Gasteiger partial charge >= 0.3 is 5.97 Å². The second-order valence-corrected chi connectivity index (χ2v) is 4.29. The molecule has 0 saturated heterocycles. The van der Waals surface area contributed by atoms with Crippen molar-refractivity contribution in [2.24, 2.45) is 4.99 Å². The molecule has 2 rings (SSSR count). The van der Waals surface area contributed by atoms with Gasteiger partial charge in [0.2, 0.25) is 0 Å². The van der Waals surface area contributed by atoms with Crippen molar-refractivity contribution in [1.29, 1.82) is 0 Å². The van der Waals surface area contributed by atoms with Crippen LogP contribution in [0.1, 0.15) is 5.56 Å². The van der Waals surface area contributed by atoms with Crippen molar-refractivity contribution < 1.29 is 19.6 Å². The number of carbonyl (C=O) groups is 1. The van der Waals surface area contributed by atoms with E-state index in [2.05, 4.69) is 4.99 Å². The van der Waals surface area contributed by atoms with E-state index in [0.717, 1.165) is 5.56 Å². The molecule has 22 heavy (non-hydrogen) atoms. The Morgan fingerprint density at radius 1 is 1.27 bits per heavy atom. The maximum atomic E-state index is 10.5. The van der Waals surface area contributed by atoms with Crippen LogP contribution < -0.4 is 4.74 Å². The van der Waals surface area contributed by atoms with Gasteiger partial charge in [-0.3, -0.25) is 15.1 Å². The number of hydrogen-bond acceptors (Lipinski definition) is 5. The van der Waals surface area contributed by atoms with Gasteiger partial charge in [0.25, 0.3) is 5.69 Å². The fourth-order valence-corrected chi connectivity index (χ4v) is 1.64. The summed E-state index contributed by atoms with van der Waals surface area (Å²) in [5.74, 6) is -0.625. The first-order chi connectivity index (χ1) is 10.5. The molecule has 0 aliphatic rings. The second-order valence-electron chi connectivity index (χ2n) is 4.29. The van der Waals surface area contributed by atoms with E-state index in [1.54, 1.807) is 42.6 Å². The third-order valence-corrected chi connectivity index (χ3v) is 2.64. The van der Waals surface area contributed by atoms with Crippen molar-refractivity contribution in [3.05, 3.63) is 64.2 Å². The molecule has 0 unspecified atom stereocenters. The van der Waals surface area contributed by atoms with Gasteiger partial charge < -0.3 is 9.84 Å². The Kier molecular flexibility index (Phi) is 4.81. The lowest BCUT2D eigenvalue weighted by molar-refractivity contribution is -0.384. The van der Waals surface area contributed by atoms with E-state index >= 15 is 0 Å². The number of carboxylic acid groups (broad SMARTS) is 1. The summed E-state index contributed by atoms with van der Waals surface area (Å²) in [6.07, 6.45) is 1.56. The zero-order valence-electron chi connectivity index (χ0n) is 11.4. The first-order valence-electron chi connectivity index (χ1n) is 6.28. The maximum Gasteiger partial charge on any atom is 0.341 e. The molecule has 1 N–H and O–H groups in total. The fraction of sp³-hybridized carbons (Fsp3) is 0.0667. The minimum absolute atomic E-state index is 0.00279. The standard InChI is InChI=1S/C15H12N2O5/c18-15(19)10-22-14-3-1-2-11(8-14)9-16-12-4-6-13(7-5-12)17(20)21/h1-9H,10H2,(H,18,19). The molecule has 0 saturated carbocycles. The number of carboxylic acids is 1. The average molecular weight is 300 g/mol. The number of non-ortho nitro benzene ring substituents is 1. The topological polar surface area (TPSA) is 102 Å². The molecule has 0 bridgehead atoms. The van der Waals surface area contributed by atoms with Crippen LogP contribution in [-0.4, -0.2) is 28.8 Å². The zero-order chi connectivity index (χ0) is 15.9. The monoisotopic (exact) mass is 300 g/mol. The Hall–Kier alpha value is -3.22. The van der Waals surface area contributed by atoms with Gasteiger partial charge in [-0.2, -0.15) is 0 Å². The maximum absolute atomic E-state index is 10.5. The summed E-state index contributed by atoms with van der Waals surface area (Å²) in [4.78, 5) is 24.7. The highest BCUT2D eigenvalue weighted by Crippen LogP contribution is 2.18. The summed E-state index contributed by atoms with van der Waals surface area (Å²) in [6, 6.07) is 12.6. The number of aliphatic imine (C=N–C) groups is 1. The SMILES string of the molecule is O=C(O)COc1cccc(C=Nc2ccc([N+](=O)[O-])cc2)c1. The van der Waals surface area contributed by atoms with Crippen molar-refractivity contribution in [2.45, 2.75) is 0 Å². The minimum atomic E-state index is -1.05. The predicted molar refractivity (Wildman–Crippen MR) is 79.9 cm³/mol. The minimum Gasteiger partial charge on any atom is -0.482 e. The molecule has 7 nitrogen and oxygen atoms in total. The summed E-state index contributed by atoms with van der Waals surface area (Å²) in [5.41, 5.74) is 1.30. The van der Waals surface area contributed by atoms with Gasteiger partial charge in [0, 0.05) is 18.3 Å². The molecule has 112 valence electrons. The van der Waals surface area contributed by atoms with Crippen molar-refractivity contribution in [2.75, 3.05) is 6.61 Å². The van der Waals surface area contributed by atoms with Crippen molar-refractivity contribution in [1.82, 2.24) is 0 Å². The van der Waals surface area contributed by atoms with Crippen LogP contribution in [0.3, 0.4) is 0 Å². The number of nitro groups is 1. The van der Waals surface area contributed by atoms with Gasteiger partial charge in [-0.1, -0.05) is 12.1 Å². The number of rotatable bonds is 6. The van der Waals surface area contributed by atoms with Crippen LogP contribution in [0.4, 0.5) is 11.4 Å². The number of nitrogens with zero attached hydrogens (tertiary/aromatic N) is 2. The summed E-state index contributed by atoms with van der Waals surface area (Å²) < 4.78 is 5.07. The van der Waals surface area contributed by atoms with Crippen molar-refractivity contribution in [3.8, 4) is 5.75 Å². The van der Waals surface area contributed by atoms with Crippen LogP contribution in [0.2, 0.25) is 0 Å². The summed E-state index contributed by atoms with van der Waals surface area (Å²) >= 11 is 0. The second kappa shape index (κ2) is 6.98. The highest BCUT2D eigenvalue weighted by molar-refractivity contribution is 5.82. The Bertz CT molecular complexity index is 710. The summed E-state index contributed by atoms with van der Waals surface area (Å²) in [5, 5.41) is 19.1. The predicted octanol–water partition coefficient (Wildman–Crippen LogP) is 2.81. The highest BCUT2D eigenvalue weighted by Gasteiger charge is 2.03. The summed E-state index contributed by atoms with van der Waals surface area (Å²) in [7, 11) is 0. The molecule has 0 radical (unpaired) electrons. The van der Waals surface area contributed by atoms with Crippen LogP contribution in [0.5, 0.6) is 5.75 Å². The molecular weight excluding hydrogens is 288 g/mol. The molecule has 0 spiro atoms. The van der Waals surface area contributed by atoms with Gasteiger partial charge in [0.05, 0.1) is 10.6 Å². The lowest BCUT2D eigenvalue weighted by Gasteiger charge is -2.03. The van der Waals surface area contributed by atoms with Crippen LogP contribution in [-0.2, 0) is 4.79 Å². The Balaban J connectivity index is 2.07. The Morgan fingerprint density at radius 3 is 2.64 bits per heavy atom. The van der Waals surface area contributed by atoms with Crippen molar-refractivity contribution >= 4 is 23.6 Å². The largest absolute Gasteiger partial charge is 0.482 e. The van der Waals surface area contributed by atoms with E-state index in [1.165, 1.54) is 12.1 Å². The third kappa shape index (κ3) is 4.41. The molecule has 0 amide bonds. The van der Waals surface area contributed by atoms with Crippen LogP contribution in [0.25, 0.3) is 0 Å². The normalized spacial score (nSPS) is 10.5. The Morgan fingerprint density at radius 2 is 2.00 bits per heavy atom. The molecule has 7 heteroatoms. The molecule has 0 aliphatic carbocycles. The highest BCUT2D eigenvalue weighted by atomic mass is 16.6. The lowest BCUT2D eigenvalue weighted by atomic mass is 10.2. The van der Waals surface area contributed by atoms with E-state index < -0.39 is 17.5 Å². The molecule has 0 heterocycles. The molecule has 0 aromatic heterocycles. The molecule has 2 aromatic carbocycles. The number of nitro benzene ring substituents is 1. The van der Waals surface area contributed by atoms with Gasteiger partial charge in [0.15, 0.2) is 6.61 Å². The van der Waals surface area contributed by atoms with Crippen molar-refractivity contribution in [3.63, 3.8) is 0 Å². The number of aliphatic carboxylic acids is 1. The number of benzene rings is 2. The van der Waals surface area contributed by atoms with Crippen LogP contribution in [0, 0.1) is 10.1 Å². The van der Waals surface area contributed by atoms with E-state index in [1.807, 2.05) is 0 Å². The zero-order valence-corrected chi connectivity index (χ0v) is 11.4. The van der Waals surface area contributed by atoms with Crippen LogP contribution >= 0.6 is 0 Å². The first-order valence-corrected chi connectivity index (χ1v) is 6.28. The van der Waals surface area contributed by atoms with E-state index in [0.29, 0.717) is 11.4 Å². The van der Waals surface area contributed by atoms with Gasteiger partial charge in [-0.25, -0.2) is 4.79 Å². The molecule has 2 aromatic rings. The average Bonchev–Trinajstić information content (AvgIpc) is 2.52. The first kappa shape index (κ1) is 15.2. The van der Waals surface area contributed by atoms with Gasteiger partial charge in [-0.15, -0.1) is 0 Å². The number of hydrogen-bond donors (Lipinski definition) is 1. The molecule has 0 aliphatic heterocycles. The molecule has 0 atom stereocenters. The van der Waals surface area contributed by atoms with Gasteiger partial charge in [0.1, 0.15) is 5.75 Å². The quantitative estimate of drug-likeness (QED) is 0.502. The van der Waals surface area contributed by atoms with Gasteiger partial charge in [-0.05, 0) is 29.8 Å². The lowest BCUT2D eigenvalue weighted by Crippen LogP contribution is -2.09. The van der Waals surface area contributed by atoms with E-state index in [9.17, 15) is 14.9 Å². The van der Waals surface area contributed by atoms with Crippen LogP contribution in [0.15, 0.2) is 53.5 Å². The molecular formula is C15H12N2O5. The van der Waals surface area contributed by atoms with E-state index in [4.69, 9.17) is 9.84 Å². The third-order valence-electron chi connectivity index (χ3n) is 2.64. The summed E-state index contributed by atoms with van der Waals surface area (Å²) in [6.45, 7) is -0.414. The fourth-order valence-electron chi connectivity index (χ4n) is 1.64. The Labute approximate surface area is 125 Å².